The number of nitrogens with one attached hydrogen (secondary N) is 1. The summed E-state index contributed by atoms with van der Waals surface area (Å²) in [5.74, 6) is -0.113. The number of fused-ring (bicyclic) bond motifs is 1. The zero-order valence-corrected chi connectivity index (χ0v) is 11.5. The second-order valence-corrected chi connectivity index (χ2v) is 5.92. The third-order valence-electron chi connectivity index (χ3n) is 3.94. The Bertz CT molecular complexity index is 580. The van der Waals surface area contributed by atoms with Gasteiger partial charge in [-0.3, -0.25) is 9.59 Å². The van der Waals surface area contributed by atoms with Crippen LogP contribution in [0.4, 0.5) is 5.69 Å². The minimum Gasteiger partial charge on any atom is -0.388 e. The van der Waals surface area contributed by atoms with E-state index in [4.69, 9.17) is 0 Å². The van der Waals surface area contributed by atoms with Crippen molar-refractivity contribution in [3.8, 4) is 0 Å². The Balaban J connectivity index is 1.81. The highest BCUT2D eigenvalue weighted by molar-refractivity contribution is 6.01. The van der Waals surface area contributed by atoms with E-state index in [1.807, 2.05) is 0 Å². The quantitative estimate of drug-likeness (QED) is 0.807. The van der Waals surface area contributed by atoms with Gasteiger partial charge in [0, 0.05) is 24.3 Å². The SMILES string of the molecule is CC1(O)CCCN(C(=O)c2ccc3c(c2)CC(=O)N3)C1. The number of amides is 2. The Kier molecular flexibility index (Phi) is 3.01. The number of anilines is 1. The molecule has 1 aromatic carbocycles. The summed E-state index contributed by atoms with van der Waals surface area (Å²) in [4.78, 5) is 25.5. The lowest BCUT2D eigenvalue weighted by molar-refractivity contribution is -0.115. The van der Waals surface area contributed by atoms with E-state index in [1.165, 1.54) is 0 Å². The number of hydrogen-bond acceptors (Lipinski definition) is 3. The molecule has 1 unspecified atom stereocenters. The molecular weight excluding hydrogens is 256 g/mol. The van der Waals surface area contributed by atoms with E-state index in [-0.39, 0.29) is 11.8 Å². The Hall–Kier alpha value is -1.88. The molecule has 1 aromatic rings. The van der Waals surface area contributed by atoms with Gasteiger partial charge in [-0.1, -0.05) is 0 Å². The number of likely N-dealkylation sites (tertiary alicyclic amines) is 1. The molecule has 0 bridgehead atoms. The van der Waals surface area contributed by atoms with Crippen LogP contribution in [0.1, 0.15) is 35.7 Å². The highest BCUT2D eigenvalue weighted by Gasteiger charge is 2.31. The summed E-state index contributed by atoms with van der Waals surface area (Å²) in [6, 6.07) is 5.28. The molecule has 3 rings (SSSR count). The third-order valence-corrected chi connectivity index (χ3v) is 3.94. The van der Waals surface area contributed by atoms with Crippen molar-refractivity contribution in [2.75, 3.05) is 18.4 Å². The van der Waals surface area contributed by atoms with Crippen molar-refractivity contribution in [1.29, 1.82) is 0 Å². The third kappa shape index (κ3) is 2.41. The monoisotopic (exact) mass is 274 g/mol. The van der Waals surface area contributed by atoms with E-state index in [9.17, 15) is 14.7 Å². The normalized spacial score (nSPS) is 25.3. The second-order valence-electron chi connectivity index (χ2n) is 5.92. The summed E-state index contributed by atoms with van der Waals surface area (Å²) in [6.45, 7) is 2.79. The lowest BCUT2D eigenvalue weighted by Crippen LogP contribution is -2.48. The first-order valence-corrected chi connectivity index (χ1v) is 6.89. The summed E-state index contributed by atoms with van der Waals surface area (Å²) in [6.07, 6.45) is 1.86. The Morgan fingerprint density at radius 1 is 1.45 bits per heavy atom. The van der Waals surface area contributed by atoms with Crippen LogP contribution in [0.3, 0.4) is 0 Å². The zero-order chi connectivity index (χ0) is 14.3. The van der Waals surface area contributed by atoms with E-state index in [0.29, 0.717) is 25.1 Å². The second kappa shape index (κ2) is 4.59. The van der Waals surface area contributed by atoms with Crippen LogP contribution in [0.2, 0.25) is 0 Å². The average molecular weight is 274 g/mol. The first-order valence-electron chi connectivity index (χ1n) is 6.89. The Labute approximate surface area is 117 Å². The van der Waals surface area contributed by atoms with E-state index in [2.05, 4.69) is 5.32 Å². The van der Waals surface area contributed by atoms with Gasteiger partial charge in [-0.05, 0) is 43.5 Å². The van der Waals surface area contributed by atoms with Gasteiger partial charge in [-0.25, -0.2) is 0 Å². The fraction of sp³-hybridized carbons (Fsp3) is 0.467. The highest BCUT2D eigenvalue weighted by Crippen LogP contribution is 2.26. The molecule has 1 atom stereocenters. The molecule has 0 spiro atoms. The number of carbonyl (C=O) groups excluding carboxylic acids is 2. The van der Waals surface area contributed by atoms with Crippen molar-refractivity contribution < 1.29 is 14.7 Å². The van der Waals surface area contributed by atoms with Crippen molar-refractivity contribution in [2.45, 2.75) is 31.8 Å². The molecule has 106 valence electrons. The van der Waals surface area contributed by atoms with Crippen molar-refractivity contribution in [2.24, 2.45) is 0 Å². The first-order chi connectivity index (χ1) is 9.44. The molecule has 1 fully saturated rings. The number of piperidine rings is 1. The first kappa shape index (κ1) is 13.1. The molecule has 0 radical (unpaired) electrons. The number of β-amino-alcohol motifs (C(OH)–C–C–N with tert-alkyl or cyclic N) is 1. The number of aliphatic hydroxyl groups is 1. The van der Waals surface area contributed by atoms with Crippen molar-refractivity contribution in [1.82, 2.24) is 4.90 Å². The number of nitrogens with zero attached hydrogens (tertiary/aromatic N) is 1. The Morgan fingerprint density at radius 2 is 2.25 bits per heavy atom. The van der Waals surface area contributed by atoms with Crippen molar-refractivity contribution in [3.63, 3.8) is 0 Å². The largest absolute Gasteiger partial charge is 0.388 e. The fourth-order valence-electron chi connectivity index (χ4n) is 2.94. The summed E-state index contributed by atoms with van der Waals surface area (Å²) in [5.41, 5.74) is 1.43. The number of carbonyl (C=O) groups is 2. The van der Waals surface area contributed by atoms with Crippen molar-refractivity contribution in [3.05, 3.63) is 29.3 Å². The van der Waals surface area contributed by atoms with E-state index >= 15 is 0 Å². The van der Waals surface area contributed by atoms with Crippen LogP contribution in [0.5, 0.6) is 0 Å². The number of benzene rings is 1. The van der Waals surface area contributed by atoms with Gasteiger partial charge in [0.2, 0.25) is 5.91 Å². The molecule has 2 aliphatic heterocycles. The minimum absolute atomic E-state index is 0.0366. The molecule has 5 nitrogen and oxygen atoms in total. The molecule has 2 N–H and O–H groups in total. The summed E-state index contributed by atoms with van der Waals surface area (Å²) < 4.78 is 0. The lowest BCUT2D eigenvalue weighted by Gasteiger charge is -2.36. The standard InChI is InChI=1S/C15H18N2O3/c1-15(20)5-2-6-17(9-15)14(19)10-3-4-12-11(7-10)8-13(18)16-12/h3-4,7,20H,2,5-6,8-9H2,1H3,(H,16,18). The van der Waals surface area contributed by atoms with E-state index in [1.54, 1.807) is 30.0 Å². The van der Waals surface area contributed by atoms with Gasteiger partial charge in [-0.2, -0.15) is 0 Å². The maximum Gasteiger partial charge on any atom is 0.253 e. The molecule has 0 aliphatic carbocycles. The molecule has 2 amide bonds. The van der Waals surface area contributed by atoms with Gasteiger partial charge in [0.15, 0.2) is 0 Å². The van der Waals surface area contributed by atoms with E-state index in [0.717, 1.165) is 24.1 Å². The minimum atomic E-state index is -0.803. The lowest BCUT2D eigenvalue weighted by atomic mass is 9.94. The van der Waals surface area contributed by atoms with E-state index < -0.39 is 5.60 Å². The molecule has 1 saturated heterocycles. The maximum absolute atomic E-state index is 12.5. The molecule has 0 aromatic heterocycles. The molecule has 20 heavy (non-hydrogen) atoms. The smallest absolute Gasteiger partial charge is 0.253 e. The van der Waals surface area contributed by atoms with Gasteiger partial charge in [0.25, 0.3) is 5.91 Å². The van der Waals surface area contributed by atoms with Gasteiger partial charge < -0.3 is 15.3 Å². The molecule has 5 heteroatoms. The molecular formula is C15H18N2O3. The number of rotatable bonds is 1. The summed E-state index contributed by atoms with van der Waals surface area (Å²) >= 11 is 0. The summed E-state index contributed by atoms with van der Waals surface area (Å²) in [5, 5.41) is 12.8. The average Bonchev–Trinajstić information content (AvgIpc) is 2.75. The number of hydrogen-bond donors (Lipinski definition) is 2. The molecule has 2 heterocycles. The zero-order valence-electron chi connectivity index (χ0n) is 11.5. The van der Waals surface area contributed by atoms with Crippen LogP contribution in [0.15, 0.2) is 18.2 Å². The van der Waals surface area contributed by atoms with Crippen LogP contribution in [0.25, 0.3) is 0 Å². The topological polar surface area (TPSA) is 69.6 Å². The van der Waals surface area contributed by atoms with Crippen LogP contribution in [-0.2, 0) is 11.2 Å². The summed E-state index contributed by atoms with van der Waals surface area (Å²) in [7, 11) is 0. The van der Waals surface area contributed by atoms with Crippen LogP contribution in [0, 0.1) is 0 Å². The Morgan fingerprint density at radius 3 is 3.00 bits per heavy atom. The maximum atomic E-state index is 12.5. The van der Waals surface area contributed by atoms with Crippen molar-refractivity contribution >= 4 is 17.5 Å². The highest BCUT2D eigenvalue weighted by atomic mass is 16.3. The molecule has 0 saturated carbocycles. The predicted molar refractivity (Wildman–Crippen MR) is 74.5 cm³/mol. The van der Waals surface area contributed by atoms with Gasteiger partial charge in [-0.15, -0.1) is 0 Å². The predicted octanol–water partition coefficient (Wildman–Crippen LogP) is 1.17. The molecule has 2 aliphatic rings. The van der Waals surface area contributed by atoms with Crippen LogP contribution in [-0.4, -0.2) is 40.5 Å². The van der Waals surface area contributed by atoms with Gasteiger partial charge in [0.05, 0.1) is 12.0 Å². The van der Waals surface area contributed by atoms with Crippen LogP contribution < -0.4 is 5.32 Å². The van der Waals surface area contributed by atoms with Gasteiger partial charge in [0.1, 0.15) is 0 Å². The van der Waals surface area contributed by atoms with Gasteiger partial charge >= 0.3 is 0 Å². The van der Waals surface area contributed by atoms with Crippen LogP contribution >= 0.6 is 0 Å². The fourth-order valence-corrected chi connectivity index (χ4v) is 2.94.